The molecule has 0 aromatic heterocycles. The molecule has 8 heteroatoms. The molecule has 0 aromatic carbocycles. The number of aliphatic hydroxyl groups excluding tert-OH is 1. The molecular weight excluding hydrogens is 479 g/mol. The van der Waals surface area contributed by atoms with Gasteiger partial charge in [-0.1, -0.05) is 39.3 Å². The molecular formula is C29H39FO7. The monoisotopic (exact) mass is 518 g/mol. The Balaban J connectivity index is 1.49. The van der Waals surface area contributed by atoms with Crippen LogP contribution < -0.4 is 0 Å². The minimum Gasteiger partial charge on any atom is -0.458 e. The maximum absolute atomic E-state index is 17.4. The minimum atomic E-state index is -2.01. The minimum absolute atomic E-state index is 0.0103. The Hall–Kier alpha value is -1.90. The van der Waals surface area contributed by atoms with Gasteiger partial charge in [0.25, 0.3) is 0 Å². The summed E-state index contributed by atoms with van der Waals surface area (Å²) in [6, 6.07) is 0. The Morgan fingerprint density at radius 1 is 1.24 bits per heavy atom. The van der Waals surface area contributed by atoms with Crippen molar-refractivity contribution in [1.82, 2.24) is 0 Å². The van der Waals surface area contributed by atoms with Crippen molar-refractivity contribution in [3.8, 4) is 0 Å². The first-order valence-electron chi connectivity index (χ1n) is 13.4. The Morgan fingerprint density at radius 2 is 1.95 bits per heavy atom. The van der Waals surface area contributed by atoms with Gasteiger partial charge >= 0.3 is 5.97 Å². The third-order valence-corrected chi connectivity index (χ3v) is 9.96. The van der Waals surface area contributed by atoms with Gasteiger partial charge in [0.2, 0.25) is 5.78 Å². The lowest BCUT2D eigenvalue weighted by Crippen LogP contribution is -2.69. The molecule has 0 spiro atoms. The molecule has 1 unspecified atom stereocenters. The summed E-state index contributed by atoms with van der Waals surface area (Å²) in [5, 5.41) is 11.6. The number of fused-ring (bicyclic) bond motifs is 7. The molecule has 7 nitrogen and oxygen atoms in total. The number of carbonyl (C=O) groups is 3. The van der Waals surface area contributed by atoms with E-state index in [-0.39, 0.29) is 30.0 Å². The highest BCUT2D eigenvalue weighted by Gasteiger charge is 2.79. The normalized spacial score (nSPS) is 46.4. The molecule has 0 radical (unpaired) electrons. The molecule has 204 valence electrons. The summed E-state index contributed by atoms with van der Waals surface area (Å²) in [6.07, 6.45) is 3.38. The second-order valence-corrected chi connectivity index (χ2v) is 13.4. The molecule has 37 heavy (non-hydrogen) atoms. The van der Waals surface area contributed by atoms with Crippen LogP contribution in [0.5, 0.6) is 0 Å². The Bertz CT molecular complexity index is 1090. The molecule has 1 aliphatic heterocycles. The van der Waals surface area contributed by atoms with Crippen LogP contribution in [0.15, 0.2) is 23.8 Å². The first-order chi connectivity index (χ1) is 17.1. The van der Waals surface area contributed by atoms with Gasteiger partial charge in [-0.3, -0.25) is 14.4 Å². The van der Waals surface area contributed by atoms with Crippen LogP contribution in [0.1, 0.15) is 73.6 Å². The van der Waals surface area contributed by atoms with Gasteiger partial charge in [-0.05, 0) is 63.0 Å². The Morgan fingerprint density at radius 3 is 2.62 bits per heavy atom. The van der Waals surface area contributed by atoms with Crippen molar-refractivity contribution in [1.29, 1.82) is 0 Å². The predicted molar refractivity (Wildman–Crippen MR) is 132 cm³/mol. The van der Waals surface area contributed by atoms with Gasteiger partial charge < -0.3 is 19.3 Å². The summed E-state index contributed by atoms with van der Waals surface area (Å²) in [5.74, 6) is -1.91. The molecule has 0 aromatic rings. The van der Waals surface area contributed by atoms with Gasteiger partial charge in [0.1, 0.15) is 0 Å². The number of halogens is 1. The molecule has 3 saturated carbocycles. The highest BCUT2D eigenvalue weighted by molar-refractivity contribution is 6.01. The van der Waals surface area contributed by atoms with Crippen molar-refractivity contribution < 1.29 is 38.1 Å². The number of esters is 1. The number of ether oxygens (including phenoxy) is 3. The van der Waals surface area contributed by atoms with Crippen LogP contribution in [0.25, 0.3) is 0 Å². The van der Waals surface area contributed by atoms with Crippen LogP contribution in [0, 0.1) is 28.1 Å². The second-order valence-electron chi connectivity index (χ2n) is 13.4. The average molecular weight is 519 g/mol. The van der Waals surface area contributed by atoms with Crippen LogP contribution in [-0.4, -0.2) is 59.0 Å². The summed E-state index contributed by atoms with van der Waals surface area (Å²) >= 11 is 0. The number of aliphatic hydroxyl groups is 1. The Kier molecular flexibility index (Phi) is 5.99. The van der Waals surface area contributed by atoms with Crippen LogP contribution in [0.2, 0.25) is 0 Å². The fourth-order valence-electron chi connectivity index (χ4n) is 8.37. The van der Waals surface area contributed by atoms with Crippen LogP contribution >= 0.6 is 0 Å². The van der Waals surface area contributed by atoms with Gasteiger partial charge in [-0.15, -0.1) is 0 Å². The lowest BCUT2D eigenvalue weighted by molar-refractivity contribution is -0.229. The quantitative estimate of drug-likeness (QED) is 0.562. The van der Waals surface area contributed by atoms with E-state index in [9.17, 15) is 19.5 Å². The molecule has 1 N–H and O–H groups in total. The topological polar surface area (TPSA) is 99.1 Å². The molecule has 9 atom stereocenters. The highest BCUT2D eigenvalue weighted by Crippen LogP contribution is 2.71. The molecule has 4 aliphatic carbocycles. The second kappa shape index (κ2) is 8.30. The van der Waals surface area contributed by atoms with Crippen LogP contribution in [-0.2, 0) is 28.6 Å². The van der Waals surface area contributed by atoms with Crippen LogP contribution in [0.3, 0.4) is 0 Å². The van der Waals surface area contributed by atoms with Crippen molar-refractivity contribution in [2.75, 3.05) is 6.61 Å². The van der Waals surface area contributed by atoms with E-state index in [0.29, 0.717) is 24.8 Å². The van der Waals surface area contributed by atoms with Gasteiger partial charge in [0, 0.05) is 16.7 Å². The van der Waals surface area contributed by atoms with E-state index in [4.69, 9.17) is 14.2 Å². The van der Waals surface area contributed by atoms with Crippen molar-refractivity contribution >= 4 is 17.5 Å². The molecule has 4 fully saturated rings. The highest BCUT2D eigenvalue weighted by atomic mass is 19.1. The predicted octanol–water partition coefficient (Wildman–Crippen LogP) is 4.02. The number of Topliss-reactive ketones (excluding diaryl/α,β-unsaturated/α-hetero) is 1. The van der Waals surface area contributed by atoms with Gasteiger partial charge in [0.15, 0.2) is 29.9 Å². The first kappa shape index (κ1) is 26.7. The smallest absolute Gasteiger partial charge is 0.306 e. The molecule has 5 rings (SSSR count). The fourth-order valence-corrected chi connectivity index (χ4v) is 8.37. The standard InChI is InChI=1S/C29H39FO7/c1-16-36-23-12-20-19-8-7-17-11-18(31)9-10-26(17,5)28(19,30)21(32)13-27(20,6)29(23,37-16)22(33)15-35-24(34)14-25(2,3)4/h9-11,16,19-21,23,32H,7-8,12-15H2,1-6H3/t16?,19-,20-,21-,23+,26-,27-,28-,29+/m0/s1. The van der Waals surface area contributed by atoms with E-state index >= 15 is 4.39 Å². The molecule has 5 aliphatic rings. The summed E-state index contributed by atoms with van der Waals surface area (Å²) in [6.45, 7) is 10.7. The number of carbonyl (C=O) groups excluding carboxylic acids is 3. The van der Waals surface area contributed by atoms with E-state index in [0.717, 1.165) is 0 Å². The molecule has 1 saturated heterocycles. The van der Waals surface area contributed by atoms with Gasteiger partial charge in [0.05, 0.1) is 18.6 Å². The van der Waals surface area contributed by atoms with E-state index in [2.05, 4.69) is 0 Å². The largest absolute Gasteiger partial charge is 0.458 e. The molecule has 1 heterocycles. The maximum Gasteiger partial charge on any atom is 0.306 e. The third kappa shape index (κ3) is 3.58. The molecule has 0 bridgehead atoms. The van der Waals surface area contributed by atoms with E-state index < -0.39 is 64.9 Å². The van der Waals surface area contributed by atoms with E-state index in [1.807, 2.05) is 27.7 Å². The number of alkyl halides is 1. The van der Waals surface area contributed by atoms with Crippen molar-refractivity contribution in [3.05, 3.63) is 23.8 Å². The van der Waals surface area contributed by atoms with E-state index in [1.165, 1.54) is 12.2 Å². The number of hydrogen-bond donors (Lipinski definition) is 1. The summed E-state index contributed by atoms with van der Waals surface area (Å²) < 4.78 is 35.1. The van der Waals surface area contributed by atoms with Gasteiger partial charge in [-0.2, -0.15) is 0 Å². The summed E-state index contributed by atoms with van der Waals surface area (Å²) in [4.78, 5) is 38.3. The summed E-state index contributed by atoms with van der Waals surface area (Å²) in [7, 11) is 0. The zero-order valence-electron chi connectivity index (χ0n) is 22.6. The number of ketones is 2. The van der Waals surface area contributed by atoms with Crippen LogP contribution in [0.4, 0.5) is 4.39 Å². The van der Waals surface area contributed by atoms with Gasteiger partial charge in [-0.25, -0.2) is 4.39 Å². The van der Waals surface area contributed by atoms with Crippen molar-refractivity contribution in [2.24, 2.45) is 28.1 Å². The SMILES string of the molecule is CC1O[C@@H]2C[C@H]3[C@@H]4CCC5=CC(=O)C=C[C@]5(C)[C@@]4(F)[C@@H](O)C[C@]3(C)[C@]2(C(=O)COC(=O)CC(C)(C)C)O1. The lowest BCUT2D eigenvalue weighted by atomic mass is 9.44. The maximum atomic E-state index is 17.4. The number of hydrogen-bond acceptors (Lipinski definition) is 7. The Labute approximate surface area is 217 Å². The fraction of sp³-hybridized carbons (Fsp3) is 0.759. The van der Waals surface area contributed by atoms with Crippen molar-refractivity contribution in [3.63, 3.8) is 0 Å². The third-order valence-electron chi connectivity index (χ3n) is 9.96. The average Bonchev–Trinajstić information content (AvgIpc) is 3.23. The summed E-state index contributed by atoms with van der Waals surface area (Å²) in [5.41, 5.74) is -5.08. The first-order valence-corrected chi connectivity index (χ1v) is 13.4. The molecule has 0 amide bonds. The zero-order chi connectivity index (χ0) is 27.2. The van der Waals surface area contributed by atoms with Crippen molar-refractivity contribution in [2.45, 2.75) is 103 Å². The number of allylic oxidation sites excluding steroid dienone is 4. The van der Waals surface area contributed by atoms with E-state index in [1.54, 1.807) is 19.9 Å². The number of rotatable bonds is 4. The zero-order valence-corrected chi connectivity index (χ0v) is 22.6. The lowest BCUT2D eigenvalue weighted by Gasteiger charge is -2.62.